The summed E-state index contributed by atoms with van der Waals surface area (Å²) in [5.41, 5.74) is -1.22. The standard InChI is InChI=1S/C14H9F4NO4S/c15-11-6-5-10(7-12(11)24(21,22)23)19-13(20)8-1-3-9(4-2-8)14(16,17)18/h1-7H,(H,19,20)(H,21,22,23). The fraction of sp³-hybridized carbons (Fsp3) is 0.0714. The van der Waals surface area contributed by atoms with Crippen LogP contribution in [-0.4, -0.2) is 18.9 Å². The molecule has 128 valence electrons. The van der Waals surface area contributed by atoms with Crippen LogP contribution in [0, 0.1) is 5.82 Å². The van der Waals surface area contributed by atoms with Crippen molar-refractivity contribution in [3.8, 4) is 0 Å². The molecular weight excluding hydrogens is 354 g/mol. The van der Waals surface area contributed by atoms with Crippen LogP contribution >= 0.6 is 0 Å². The van der Waals surface area contributed by atoms with Gasteiger partial charge in [0.05, 0.1) is 5.56 Å². The van der Waals surface area contributed by atoms with Crippen molar-refractivity contribution in [2.45, 2.75) is 11.1 Å². The van der Waals surface area contributed by atoms with Gasteiger partial charge in [0.25, 0.3) is 16.0 Å². The summed E-state index contributed by atoms with van der Waals surface area (Å²) in [6.07, 6.45) is -4.55. The molecule has 0 aromatic heterocycles. The molecule has 0 saturated heterocycles. The first-order valence-electron chi connectivity index (χ1n) is 6.24. The molecule has 0 fully saturated rings. The van der Waals surface area contributed by atoms with E-state index in [9.17, 15) is 30.8 Å². The smallest absolute Gasteiger partial charge is 0.322 e. The maximum Gasteiger partial charge on any atom is 0.416 e. The summed E-state index contributed by atoms with van der Waals surface area (Å²) < 4.78 is 81.5. The third-order valence-corrected chi connectivity index (χ3v) is 3.81. The van der Waals surface area contributed by atoms with Crippen LogP contribution in [0.25, 0.3) is 0 Å². The predicted octanol–water partition coefficient (Wildman–Crippen LogP) is 3.34. The number of alkyl halides is 3. The van der Waals surface area contributed by atoms with E-state index in [2.05, 4.69) is 5.32 Å². The van der Waals surface area contributed by atoms with Crippen LogP contribution in [0.4, 0.5) is 23.2 Å². The first-order valence-corrected chi connectivity index (χ1v) is 7.68. The first kappa shape index (κ1) is 17.9. The van der Waals surface area contributed by atoms with E-state index in [-0.39, 0.29) is 11.3 Å². The minimum absolute atomic E-state index is 0.124. The molecule has 0 unspecified atom stereocenters. The number of hydrogen-bond acceptors (Lipinski definition) is 3. The van der Waals surface area contributed by atoms with Gasteiger partial charge < -0.3 is 5.32 Å². The number of carbonyl (C=O) groups excluding carboxylic acids is 1. The fourth-order valence-corrected chi connectivity index (χ4v) is 2.38. The molecule has 0 radical (unpaired) electrons. The molecule has 0 saturated carbocycles. The Labute approximate surface area is 133 Å². The van der Waals surface area contributed by atoms with Gasteiger partial charge in [-0.1, -0.05) is 0 Å². The van der Waals surface area contributed by atoms with Gasteiger partial charge in [0, 0.05) is 11.3 Å². The van der Waals surface area contributed by atoms with E-state index < -0.39 is 38.5 Å². The number of halogens is 4. The average molecular weight is 363 g/mol. The van der Waals surface area contributed by atoms with Gasteiger partial charge >= 0.3 is 6.18 Å². The molecule has 2 N–H and O–H groups in total. The van der Waals surface area contributed by atoms with E-state index in [0.29, 0.717) is 24.3 Å². The quantitative estimate of drug-likeness (QED) is 0.647. The second-order valence-corrected chi connectivity index (χ2v) is 6.04. The molecule has 0 aliphatic rings. The molecular formula is C14H9F4NO4S. The number of anilines is 1. The van der Waals surface area contributed by atoms with Crippen LogP contribution in [-0.2, 0) is 16.3 Å². The van der Waals surface area contributed by atoms with Crippen LogP contribution in [0.3, 0.4) is 0 Å². The van der Waals surface area contributed by atoms with Gasteiger partial charge in [0.1, 0.15) is 10.7 Å². The molecule has 2 aromatic carbocycles. The lowest BCUT2D eigenvalue weighted by Crippen LogP contribution is -2.13. The predicted molar refractivity (Wildman–Crippen MR) is 75.6 cm³/mol. The highest BCUT2D eigenvalue weighted by molar-refractivity contribution is 7.85. The molecule has 0 spiro atoms. The Morgan fingerprint density at radius 1 is 1.04 bits per heavy atom. The van der Waals surface area contributed by atoms with Gasteiger partial charge in [-0.2, -0.15) is 21.6 Å². The highest BCUT2D eigenvalue weighted by atomic mass is 32.2. The zero-order valence-electron chi connectivity index (χ0n) is 11.6. The van der Waals surface area contributed by atoms with Gasteiger partial charge in [-0.25, -0.2) is 4.39 Å². The zero-order chi connectivity index (χ0) is 18.1. The highest BCUT2D eigenvalue weighted by Gasteiger charge is 2.30. The molecule has 0 aliphatic heterocycles. The maximum absolute atomic E-state index is 13.3. The lowest BCUT2D eigenvalue weighted by molar-refractivity contribution is -0.137. The van der Waals surface area contributed by atoms with Crippen molar-refractivity contribution in [2.24, 2.45) is 0 Å². The molecule has 1 amide bonds. The van der Waals surface area contributed by atoms with Gasteiger partial charge in [0.2, 0.25) is 0 Å². The summed E-state index contributed by atoms with van der Waals surface area (Å²) in [4.78, 5) is 10.9. The molecule has 0 atom stereocenters. The molecule has 0 aliphatic carbocycles. The van der Waals surface area contributed by atoms with E-state index in [1.165, 1.54) is 0 Å². The zero-order valence-corrected chi connectivity index (χ0v) is 12.5. The SMILES string of the molecule is O=C(Nc1ccc(F)c(S(=O)(=O)O)c1)c1ccc(C(F)(F)F)cc1. The monoisotopic (exact) mass is 363 g/mol. The van der Waals surface area contributed by atoms with Crippen molar-refractivity contribution in [1.82, 2.24) is 0 Å². The largest absolute Gasteiger partial charge is 0.416 e. The summed E-state index contributed by atoms with van der Waals surface area (Å²) in [6.45, 7) is 0. The number of carbonyl (C=O) groups is 1. The van der Waals surface area contributed by atoms with Gasteiger partial charge in [0.15, 0.2) is 0 Å². The van der Waals surface area contributed by atoms with Crippen molar-refractivity contribution in [1.29, 1.82) is 0 Å². The van der Waals surface area contributed by atoms with E-state index in [1.54, 1.807) is 0 Å². The normalized spacial score (nSPS) is 12.0. The minimum atomic E-state index is -4.83. The van der Waals surface area contributed by atoms with Crippen LogP contribution in [0.2, 0.25) is 0 Å². The summed E-state index contributed by atoms with van der Waals surface area (Å²) >= 11 is 0. The van der Waals surface area contributed by atoms with Crippen LogP contribution < -0.4 is 5.32 Å². The molecule has 0 bridgehead atoms. The van der Waals surface area contributed by atoms with Gasteiger partial charge in [-0.3, -0.25) is 9.35 Å². The first-order chi connectivity index (χ1) is 11.0. The van der Waals surface area contributed by atoms with Crippen molar-refractivity contribution >= 4 is 21.7 Å². The van der Waals surface area contributed by atoms with E-state index in [0.717, 1.165) is 18.2 Å². The highest BCUT2D eigenvalue weighted by Crippen LogP contribution is 2.29. The van der Waals surface area contributed by atoms with Gasteiger partial charge in [-0.15, -0.1) is 0 Å². The molecule has 2 rings (SSSR count). The molecule has 5 nitrogen and oxygen atoms in total. The Kier molecular flexibility index (Phi) is 4.63. The number of hydrogen-bond donors (Lipinski definition) is 2. The lowest BCUT2D eigenvalue weighted by Gasteiger charge is -2.09. The second-order valence-electron chi connectivity index (χ2n) is 4.65. The number of rotatable bonds is 3. The van der Waals surface area contributed by atoms with Crippen LogP contribution in [0.1, 0.15) is 15.9 Å². The van der Waals surface area contributed by atoms with Gasteiger partial charge in [-0.05, 0) is 42.5 Å². The summed E-state index contributed by atoms with van der Waals surface area (Å²) in [5, 5.41) is 2.19. The maximum atomic E-state index is 13.3. The summed E-state index contributed by atoms with van der Waals surface area (Å²) in [5.74, 6) is -2.05. The number of amides is 1. The number of nitrogens with one attached hydrogen (secondary N) is 1. The molecule has 10 heteroatoms. The third kappa shape index (κ3) is 4.09. The Morgan fingerprint density at radius 2 is 1.62 bits per heavy atom. The van der Waals surface area contributed by atoms with E-state index in [4.69, 9.17) is 4.55 Å². The van der Waals surface area contributed by atoms with Crippen LogP contribution in [0.15, 0.2) is 47.4 Å². The molecule has 2 aromatic rings. The topological polar surface area (TPSA) is 83.5 Å². The number of benzene rings is 2. The lowest BCUT2D eigenvalue weighted by atomic mass is 10.1. The van der Waals surface area contributed by atoms with Crippen LogP contribution in [0.5, 0.6) is 0 Å². The molecule has 0 heterocycles. The Morgan fingerprint density at radius 3 is 2.12 bits per heavy atom. The van der Waals surface area contributed by atoms with Crippen molar-refractivity contribution < 1.29 is 35.3 Å². The Bertz CT molecular complexity index is 877. The average Bonchev–Trinajstić information content (AvgIpc) is 2.47. The van der Waals surface area contributed by atoms with E-state index >= 15 is 0 Å². The van der Waals surface area contributed by atoms with Crippen molar-refractivity contribution in [3.63, 3.8) is 0 Å². The Hall–Kier alpha value is -2.46. The summed E-state index contributed by atoms with van der Waals surface area (Å²) in [7, 11) is -4.83. The Balaban J connectivity index is 2.24. The van der Waals surface area contributed by atoms with Crippen molar-refractivity contribution in [3.05, 3.63) is 59.4 Å². The van der Waals surface area contributed by atoms with E-state index in [1.807, 2.05) is 0 Å². The summed E-state index contributed by atoms with van der Waals surface area (Å²) in [6, 6.07) is 5.73. The fourth-order valence-electron chi connectivity index (χ4n) is 1.79. The second kappa shape index (κ2) is 6.21. The third-order valence-electron chi connectivity index (χ3n) is 2.94. The molecule has 24 heavy (non-hydrogen) atoms. The minimum Gasteiger partial charge on any atom is -0.322 e. The van der Waals surface area contributed by atoms with Crippen molar-refractivity contribution in [2.75, 3.05) is 5.32 Å².